The Morgan fingerprint density at radius 2 is 1.81 bits per heavy atom. The normalized spacial score (nSPS) is 13.5. The lowest BCUT2D eigenvalue weighted by molar-refractivity contribution is 0.855. The van der Waals surface area contributed by atoms with Gasteiger partial charge in [-0.15, -0.1) is 0 Å². The van der Waals surface area contributed by atoms with Crippen molar-refractivity contribution in [1.29, 1.82) is 0 Å². The number of rotatable bonds is 8. The Labute approximate surface area is 131 Å². The molecule has 0 fully saturated rings. The average molecular weight is 288 g/mol. The van der Waals surface area contributed by atoms with Crippen LogP contribution in [0.3, 0.4) is 0 Å². The molecule has 0 saturated heterocycles. The molecule has 0 rings (SSSR count). The topological polar surface area (TPSA) is 24.7 Å². The van der Waals surface area contributed by atoms with E-state index in [2.05, 4.69) is 41.7 Å². The highest BCUT2D eigenvalue weighted by Crippen LogP contribution is 2.04. The van der Waals surface area contributed by atoms with Crippen LogP contribution in [0.4, 0.5) is 0 Å². The van der Waals surface area contributed by atoms with E-state index in [9.17, 15) is 0 Å². The van der Waals surface area contributed by atoms with Gasteiger partial charge in [0.15, 0.2) is 0 Å². The Balaban J connectivity index is 0. The number of nitrogens with zero attached hydrogens (tertiary/aromatic N) is 2. The van der Waals surface area contributed by atoms with Crippen molar-refractivity contribution in [1.82, 2.24) is 0 Å². The quantitative estimate of drug-likeness (QED) is 0.300. The standard InChI is InChI=1S/C17H26N2.C2H6/c1-6-11-15(4)12-9-10-13-18-14-17(19-8-3)16(5)7-2;1-2/h6-8,11-12,14H,2,9-10,13H2,1,3-5H3;1-2H3/b11-6+,15-12+,17-16-,18-14?,19-8?;. The molecule has 2 nitrogen and oxygen atoms in total. The van der Waals surface area contributed by atoms with E-state index in [0.717, 1.165) is 30.7 Å². The van der Waals surface area contributed by atoms with Crippen LogP contribution in [0.1, 0.15) is 54.4 Å². The SMILES string of the molecule is C=C/C(C)=C(/C=NCCC/C=C(C)/C=C/C)N=CC.CC. The summed E-state index contributed by atoms with van der Waals surface area (Å²) in [4.78, 5) is 8.69. The molecule has 0 heterocycles. The summed E-state index contributed by atoms with van der Waals surface area (Å²) in [6.45, 7) is 16.6. The highest BCUT2D eigenvalue weighted by Gasteiger charge is 1.92. The Morgan fingerprint density at radius 1 is 1.14 bits per heavy atom. The minimum absolute atomic E-state index is 0.826. The predicted octanol–water partition coefficient (Wildman–Crippen LogP) is 5.94. The number of allylic oxidation sites excluding steroid dienone is 7. The van der Waals surface area contributed by atoms with Crippen LogP contribution in [0.5, 0.6) is 0 Å². The van der Waals surface area contributed by atoms with E-state index in [1.807, 2.05) is 40.8 Å². The molecule has 0 aliphatic heterocycles. The first kappa shape index (κ1) is 21.6. The molecule has 0 aliphatic carbocycles. The maximum absolute atomic E-state index is 4.41. The number of hydrogen-bond acceptors (Lipinski definition) is 2. The lowest BCUT2D eigenvalue weighted by atomic mass is 10.2. The molecule has 0 aliphatic rings. The van der Waals surface area contributed by atoms with Crippen molar-refractivity contribution in [3.05, 3.63) is 47.7 Å². The molecule has 0 atom stereocenters. The molecule has 21 heavy (non-hydrogen) atoms. The molecule has 118 valence electrons. The van der Waals surface area contributed by atoms with Crippen molar-refractivity contribution in [2.45, 2.75) is 54.4 Å². The number of unbranched alkanes of at least 4 members (excludes halogenated alkanes) is 1. The highest BCUT2D eigenvalue weighted by atomic mass is 14.8. The van der Waals surface area contributed by atoms with Crippen LogP contribution in [-0.2, 0) is 0 Å². The molecule has 0 amide bonds. The Hall–Kier alpha value is -1.70. The van der Waals surface area contributed by atoms with Gasteiger partial charge in [-0.1, -0.05) is 50.3 Å². The minimum atomic E-state index is 0.826. The molecule has 0 aromatic heterocycles. The lowest BCUT2D eigenvalue weighted by Crippen LogP contribution is -1.88. The third-order valence-corrected chi connectivity index (χ3v) is 2.58. The van der Waals surface area contributed by atoms with Gasteiger partial charge >= 0.3 is 0 Å². The van der Waals surface area contributed by atoms with Crippen molar-refractivity contribution in [2.24, 2.45) is 9.98 Å². The summed E-state index contributed by atoms with van der Waals surface area (Å²) < 4.78 is 0. The fourth-order valence-corrected chi connectivity index (χ4v) is 1.47. The van der Waals surface area contributed by atoms with Crippen molar-refractivity contribution in [3.8, 4) is 0 Å². The summed E-state index contributed by atoms with van der Waals surface area (Å²) in [5, 5.41) is 0. The second-order valence-electron chi connectivity index (χ2n) is 4.29. The molecule has 0 bridgehead atoms. The molecule has 0 saturated carbocycles. The van der Waals surface area contributed by atoms with Gasteiger partial charge in [-0.25, -0.2) is 0 Å². The van der Waals surface area contributed by atoms with Gasteiger partial charge in [0, 0.05) is 19.0 Å². The summed E-state index contributed by atoms with van der Waals surface area (Å²) in [5.41, 5.74) is 3.24. The van der Waals surface area contributed by atoms with Crippen molar-refractivity contribution in [3.63, 3.8) is 0 Å². The van der Waals surface area contributed by atoms with Gasteiger partial charge in [-0.3, -0.25) is 9.98 Å². The van der Waals surface area contributed by atoms with Crippen LogP contribution >= 0.6 is 0 Å². The molecule has 0 aromatic carbocycles. The van der Waals surface area contributed by atoms with Gasteiger partial charge in [0.25, 0.3) is 0 Å². The summed E-state index contributed by atoms with van der Waals surface area (Å²) in [7, 11) is 0. The number of aliphatic imine (C=N–C) groups is 2. The van der Waals surface area contributed by atoms with Crippen LogP contribution in [0, 0.1) is 0 Å². The third-order valence-electron chi connectivity index (χ3n) is 2.58. The number of hydrogen-bond donors (Lipinski definition) is 0. The fraction of sp³-hybridized carbons (Fsp3) is 0.474. The van der Waals surface area contributed by atoms with E-state index in [1.54, 1.807) is 12.3 Å². The predicted molar refractivity (Wildman–Crippen MR) is 99.6 cm³/mol. The third kappa shape index (κ3) is 13.1. The van der Waals surface area contributed by atoms with Crippen LogP contribution < -0.4 is 0 Å². The lowest BCUT2D eigenvalue weighted by Gasteiger charge is -1.98. The second-order valence-corrected chi connectivity index (χ2v) is 4.29. The largest absolute Gasteiger partial charge is 0.291 e. The zero-order valence-electron chi connectivity index (χ0n) is 14.7. The summed E-state index contributed by atoms with van der Waals surface area (Å²) in [5.74, 6) is 0. The van der Waals surface area contributed by atoms with E-state index in [1.165, 1.54) is 5.57 Å². The van der Waals surface area contributed by atoms with E-state index in [0.29, 0.717) is 0 Å². The molecule has 0 spiro atoms. The first-order valence-electron chi connectivity index (χ1n) is 7.77. The Morgan fingerprint density at radius 3 is 2.33 bits per heavy atom. The molecular formula is C19H32N2. The van der Waals surface area contributed by atoms with Gasteiger partial charge in [0.1, 0.15) is 0 Å². The maximum Gasteiger partial charge on any atom is 0.0832 e. The van der Waals surface area contributed by atoms with Crippen molar-refractivity contribution in [2.75, 3.05) is 6.54 Å². The van der Waals surface area contributed by atoms with Gasteiger partial charge in [-0.05, 0) is 46.1 Å². The van der Waals surface area contributed by atoms with Crippen molar-refractivity contribution < 1.29 is 0 Å². The van der Waals surface area contributed by atoms with Gasteiger partial charge in [0.2, 0.25) is 0 Å². The Kier molecular flexibility index (Phi) is 16.8. The zero-order valence-corrected chi connectivity index (χ0v) is 14.7. The zero-order chi connectivity index (χ0) is 16.5. The molecule has 0 unspecified atom stereocenters. The Bertz CT molecular complexity index is 407. The average Bonchev–Trinajstić information content (AvgIpc) is 2.51. The van der Waals surface area contributed by atoms with E-state index >= 15 is 0 Å². The van der Waals surface area contributed by atoms with E-state index < -0.39 is 0 Å². The van der Waals surface area contributed by atoms with Gasteiger partial charge in [0.05, 0.1) is 5.70 Å². The first-order chi connectivity index (χ1) is 10.2. The molecule has 2 heteroatoms. The molecule has 0 N–H and O–H groups in total. The molecular weight excluding hydrogens is 256 g/mol. The highest BCUT2D eigenvalue weighted by molar-refractivity contribution is 5.82. The summed E-state index contributed by atoms with van der Waals surface area (Å²) in [6, 6.07) is 0. The van der Waals surface area contributed by atoms with Crippen LogP contribution in [0.15, 0.2) is 57.7 Å². The summed E-state index contributed by atoms with van der Waals surface area (Å²) >= 11 is 0. The minimum Gasteiger partial charge on any atom is -0.291 e. The second kappa shape index (κ2) is 16.4. The van der Waals surface area contributed by atoms with Gasteiger partial charge < -0.3 is 0 Å². The van der Waals surface area contributed by atoms with Gasteiger partial charge in [-0.2, -0.15) is 0 Å². The monoisotopic (exact) mass is 288 g/mol. The summed E-state index contributed by atoms with van der Waals surface area (Å²) in [6.07, 6.45) is 13.9. The fourth-order valence-electron chi connectivity index (χ4n) is 1.47. The molecule has 0 radical (unpaired) electrons. The van der Waals surface area contributed by atoms with E-state index in [4.69, 9.17) is 0 Å². The smallest absolute Gasteiger partial charge is 0.0832 e. The van der Waals surface area contributed by atoms with Crippen LogP contribution in [0.2, 0.25) is 0 Å². The molecule has 0 aromatic rings. The van der Waals surface area contributed by atoms with Crippen LogP contribution in [0.25, 0.3) is 0 Å². The van der Waals surface area contributed by atoms with Crippen molar-refractivity contribution >= 4 is 12.4 Å². The first-order valence-corrected chi connectivity index (χ1v) is 7.77. The van der Waals surface area contributed by atoms with Crippen LogP contribution in [-0.4, -0.2) is 19.0 Å². The maximum atomic E-state index is 4.41. The van der Waals surface area contributed by atoms with E-state index in [-0.39, 0.29) is 0 Å².